The number of Topliss-reactive ketones (excluding diaryl/α,β-unsaturated/α-hetero) is 1. The minimum Gasteiger partial charge on any atom is -0.294 e. The Morgan fingerprint density at radius 1 is 1.38 bits per heavy atom. The van der Waals surface area contributed by atoms with Crippen molar-refractivity contribution in [2.75, 3.05) is 0 Å². The van der Waals surface area contributed by atoms with Crippen molar-refractivity contribution >= 4 is 22.9 Å². The van der Waals surface area contributed by atoms with Gasteiger partial charge >= 0.3 is 0 Å². The molecule has 6 heteroatoms. The lowest BCUT2D eigenvalue weighted by atomic mass is 9.86. The molecule has 0 amide bonds. The van der Waals surface area contributed by atoms with E-state index in [4.69, 9.17) is 0 Å². The van der Waals surface area contributed by atoms with Gasteiger partial charge in [-0.25, -0.2) is 9.50 Å². The van der Waals surface area contributed by atoms with E-state index >= 15 is 0 Å². The summed E-state index contributed by atoms with van der Waals surface area (Å²) in [6.07, 6.45) is 3.90. The van der Waals surface area contributed by atoms with Crippen molar-refractivity contribution in [3.63, 3.8) is 0 Å². The van der Waals surface area contributed by atoms with Gasteiger partial charge in [-0.3, -0.25) is 4.79 Å². The standard InChI is InChI=1S/C15H14N4OS/c1-2-14-17-15-16-11-6-9(13-4-3-5-21-13)7-12(20)10(11)8-19(15)18-14/h3-5,8-9H,2,6-7H2,1H3. The zero-order valence-corrected chi connectivity index (χ0v) is 12.4. The third kappa shape index (κ3) is 2.06. The second kappa shape index (κ2) is 4.73. The molecule has 1 aliphatic rings. The maximum atomic E-state index is 12.4. The number of hydrogen-bond donors (Lipinski definition) is 0. The number of thiophene rings is 1. The highest BCUT2D eigenvalue weighted by atomic mass is 32.1. The molecular formula is C15H14N4OS. The van der Waals surface area contributed by atoms with Gasteiger partial charge in [-0.05, 0) is 17.9 Å². The van der Waals surface area contributed by atoms with E-state index in [1.54, 1.807) is 22.0 Å². The minimum atomic E-state index is 0.151. The molecule has 5 nitrogen and oxygen atoms in total. The van der Waals surface area contributed by atoms with Crippen molar-refractivity contribution in [2.24, 2.45) is 0 Å². The highest BCUT2D eigenvalue weighted by Gasteiger charge is 2.29. The largest absolute Gasteiger partial charge is 0.294 e. The summed E-state index contributed by atoms with van der Waals surface area (Å²) in [5.74, 6) is 1.74. The molecule has 0 saturated heterocycles. The molecule has 0 fully saturated rings. The highest BCUT2D eigenvalue weighted by molar-refractivity contribution is 7.10. The molecule has 21 heavy (non-hydrogen) atoms. The number of carbonyl (C=O) groups excluding carboxylic acids is 1. The van der Waals surface area contributed by atoms with Gasteiger partial charge in [0.2, 0.25) is 0 Å². The van der Waals surface area contributed by atoms with Gasteiger partial charge in [-0.2, -0.15) is 4.98 Å². The first kappa shape index (κ1) is 12.6. The van der Waals surface area contributed by atoms with Gasteiger partial charge in [-0.1, -0.05) is 13.0 Å². The fourth-order valence-electron chi connectivity index (χ4n) is 2.80. The summed E-state index contributed by atoms with van der Waals surface area (Å²) < 4.78 is 1.63. The Kier molecular flexibility index (Phi) is 2.85. The Balaban J connectivity index is 1.80. The Morgan fingerprint density at radius 2 is 2.29 bits per heavy atom. The number of aryl methyl sites for hydroxylation is 1. The maximum absolute atomic E-state index is 12.4. The van der Waals surface area contributed by atoms with E-state index in [1.807, 2.05) is 13.0 Å². The number of rotatable bonds is 2. The van der Waals surface area contributed by atoms with Crippen molar-refractivity contribution < 1.29 is 4.79 Å². The lowest BCUT2D eigenvalue weighted by Gasteiger charge is -2.21. The van der Waals surface area contributed by atoms with Gasteiger partial charge in [0.15, 0.2) is 11.6 Å². The molecule has 3 aromatic rings. The van der Waals surface area contributed by atoms with E-state index < -0.39 is 0 Å². The van der Waals surface area contributed by atoms with Crippen LogP contribution in [0.1, 0.15) is 46.0 Å². The molecule has 0 aromatic carbocycles. The van der Waals surface area contributed by atoms with Crippen molar-refractivity contribution in [1.82, 2.24) is 19.6 Å². The predicted octanol–water partition coefficient (Wildman–Crippen LogP) is 2.66. The average Bonchev–Trinajstić information content (AvgIpc) is 3.14. The first-order valence-electron chi connectivity index (χ1n) is 7.06. The van der Waals surface area contributed by atoms with Crippen LogP contribution in [0.15, 0.2) is 23.7 Å². The molecule has 0 saturated carbocycles. The molecule has 0 bridgehead atoms. The molecule has 1 aliphatic carbocycles. The molecule has 1 atom stereocenters. The number of hydrogen-bond acceptors (Lipinski definition) is 5. The van der Waals surface area contributed by atoms with E-state index in [2.05, 4.69) is 26.5 Å². The van der Waals surface area contributed by atoms with E-state index in [1.165, 1.54) is 4.88 Å². The van der Waals surface area contributed by atoms with Crippen LogP contribution in [-0.4, -0.2) is 25.4 Å². The molecule has 3 heterocycles. The Bertz CT molecular complexity index is 822. The number of ketones is 1. The van der Waals surface area contributed by atoms with Crippen LogP contribution in [0.2, 0.25) is 0 Å². The second-order valence-electron chi connectivity index (χ2n) is 5.27. The van der Waals surface area contributed by atoms with E-state index in [0.717, 1.165) is 24.4 Å². The lowest BCUT2D eigenvalue weighted by molar-refractivity contribution is 0.0963. The van der Waals surface area contributed by atoms with Crippen LogP contribution in [0.5, 0.6) is 0 Å². The van der Waals surface area contributed by atoms with Crippen LogP contribution in [0.3, 0.4) is 0 Å². The summed E-state index contributed by atoms with van der Waals surface area (Å²) in [5.41, 5.74) is 1.55. The van der Waals surface area contributed by atoms with Gasteiger partial charge in [0.25, 0.3) is 5.78 Å². The molecule has 0 aliphatic heterocycles. The third-order valence-electron chi connectivity index (χ3n) is 3.89. The molecule has 1 unspecified atom stereocenters. The lowest BCUT2D eigenvalue weighted by Crippen LogP contribution is -2.20. The number of fused-ring (bicyclic) bond motifs is 2. The maximum Gasteiger partial charge on any atom is 0.252 e. The molecule has 0 spiro atoms. The molecule has 4 rings (SSSR count). The Hall–Kier alpha value is -2.08. The molecular weight excluding hydrogens is 284 g/mol. The highest BCUT2D eigenvalue weighted by Crippen LogP contribution is 2.34. The summed E-state index contributed by atoms with van der Waals surface area (Å²) in [6.45, 7) is 2.01. The second-order valence-corrected chi connectivity index (χ2v) is 6.25. The first-order chi connectivity index (χ1) is 10.2. The number of aromatic nitrogens is 4. The Morgan fingerprint density at radius 3 is 3.05 bits per heavy atom. The molecule has 106 valence electrons. The summed E-state index contributed by atoms with van der Waals surface area (Å²) in [6, 6.07) is 4.13. The monoisotopic (exact) mass is 298 g/mol. The summed E-state index contributed by atoms with van der Waals surface area (Å²) >= 11 is 1.70. The summed E-state index contributed by atoms with van der Waals surface area (Å²) in [4.78, 5) is 22.6. The van der Waals surface area contributed by atoms with E-state index in [9.17, 15) is 4.79 Å². The smallest absolute Gasteiger partial charge is 0.252 e. The third-order valence-corrected chi connectivity index (χ3v) is 4.92. The van der Waals surface area contributed by atoms with Crippen LogP contribution in [-0.2, 0) is 12.8 Å². The fraction of sp³-hybridized carbons (Fsp3) is 0.333. The number of nitrogens with zero attached hydrogens (tertiary/aromatic N) is 4. The number of carbonyl (C=O) groups is 1. The summed E-state index contributed by atoms with van der Waals surface area (Å²) in [7, 11) is 0. The van der Waals surface area contributed by atoms with Crippen LogP contribution >= 0.6 is 11.3 Å². The fourth-order valence-corrected chi connectivity index (χ4v) is 3.63. The van der Waals surface area contributed by atoms with E-state index in [0.29, 0.717) is 17.8 Å². The quantitative estimate of drug-likeness (QED) is 0.730. The average molecular weight is 298 g/mol. The SMILES string of the molecule is CCc1nc2nc3c(cn2n1)C(=O)CC(c1cccs1)C3. The zero-order valence-electron chi connectivity index (χ0n) is 11.6. The van der Waals surface area contributed by atoms with Crippen LogP contribution < -0.4 is 0 Å². The van der Waals surface area contributed by atoms with Crippen LogP contribution in [0.4, 0.5) is 0 Å². The van der Waals surface area contributed by atoms with Crippen molar-refractivity contribution in [2.45, 2.75) is 32.1 Å². The zero-order chi connectivity index (χ0) is 14.4. The molecule has 3 aromatic heterocycles. The topological polar surface area (TPSA) is 60.1 Å². The van der Waals surface area contributed by atoms with Crippen molar-refractivity contribution in [3.8, 4) is 0 Å². The van der Waals surface area contributed by atoms with E-state index in [-0.39, 0.29) is 11.7 Å². The van der Waals surface area contributed by atoms with Crippen molar-refractivity contribution in [1.29, 1.82) is 0 Å². The van der Waals surface area contributed by atoms with Crippen LogP contribution in [0.25, 0.3) is 5.78 Å². The summed E-state index contributed by atoms with van der Waals surface area (Å²) in [5, 5.41) is 6.39. The van der Waals surface area contributed by atoms with Crippen LogP contribution in [0, 0.1) is 0 Å². The normalized spacial score (nSPS) is 18.1. The van der Waals surface area contributed by atoms with Gasteiger partial charge in [0, 0.05) is 29.8 Å². The van der Waals surface area contributed by atoms with Gasteiger partial charge < -0.3 is 0 Å². The molecule has 0 radical (unpaired) electrons. The minimum absolute atomic E-state index is 0.151. The predicted molar refractivity (Wildman–Crippen MR) is 79.9 cm³/mol. The Labute approximate surface area is 125 Å². The van der Waals surface area contributed by atoms with Crippen molar-refractivity contribution in [3.05, 3.63) is 45.7 Å². The first-order valence-corrected chi connectivity index (χ1v) is 7.94. The van der Waals surface area contributed by atoms with Gasteiger partial charge in [0.05, 0.1) is 11.3 Å². The van der Waals surface area contributed by atoms with Gasteiger partial charge in [-0.15, -0.1) is 16.4 Å². The molecule has 0 N–H and O–H groups in total. The van der Waals surface area contributed by atoms with Gasteiger partial charge in [0.1, 0.15) is 0 Å².